The van der Waals surface area contributed by atoms with Crippen molar-refractivity contribution in [3.63, 3.8) is 0 Å². The van der Waals surface area contributed by atoms with E-state index in [2.05, 4.69) is 10.6 Å². The van der Waals surface area contributed by atoms with E-state index in [9.17, 15) is 24.3 Å². The van der Waals surface area contributed by atoms with E-state index < -0.39 is 42.2 Å². The quantitative estimate of drug-likeness (QED) is 0.427. The Labute approximate surface area is 213 Å². The summed E-state index contributed by atoms with van der Waals surface area (Å²) >= 11 is 0. The van der Waals surface area contributed by atoms with Crippen molar-refractivity contribution in [2.24, 2.45) is 0 Å². The molecule has 2 aromatic rings. The summed E-state index contributed by atoms with van der Waals surface area (Å²) in [5.41, 5.74) is 1.42. The Bertz CT molecular complexity index is 1090. The standard InChI is InChI=1S/C23H23N3O6.Na.H/c1-14-6-3-4-9-19(14)32-16-8-5-7-15(12-16)17(13-20(28)29)24-23(31)25-21-18(27)10-11-26(2)22(21)30;;/h3-12,17,21H,13H2,1-2H3,(H,28,29)(H2,24,25,31);;/t17-,21?;;/m0../s1. The predicted molar refractivity (Wildman–Crippen MR) is 122 cm³/mol. The van der Waals surface area contributed by atoms with Crippen LogP contribution in [0, 0.1) is 6.92 Å². The van der Waals surface area contributed by atoms with E-state index in [1.54, 1.807) is 24.3 Å². The Hall–Kier alpha value is -3.14. The van der Waals surface area contributed by atoms with Gasteiger partial charge in [-0.3, -0.25) is 14.4 Å². The van der Waals surface area contributed by atoms with Crippen LogP contribution in [-0.2, 0) is 14.4 Å². The molecule has 3 amide bonds. The predicted octanol–water partition coefficient (Wildman–Crippen LogP) is 1.88. The third-order valence-corrected chi connectivity index (χ3v) is 4.88. The van der Waals surface area contributed by atoms with Crippen LogP contribution in [0.2, 0.25) is 0 Å². The van der Waals surface area contributed by atoms with Gasteiger partial charge in [-0.25, -0.2) is 4.79 Å². The molecule has 2 atom stereocenters. The number of hydrogen-bond acceptors (Lipinski definition) is 5. The minimum atomic E-state index is -1.37. The van der Waals surface area contributed by atoms with Gasteiger partial charge in [0.25, 0.3) is 5.91 Å². The van der Waals surface area contributed by atoms with Gasteiger partial charge in [-0.05, 0) is 36.2 Å². The summed E-state index contributed by atoms with van der Waals surface area (Å²) in [6, 6.07) is 11.0. The second-order valence-electron chi connectivity index (χ2n) is 7.31. The van der Waals surface area contributed by atoms with Crippen molar-refractivity contribution in [1.29, 1.82) is 0 Å². The molecular weight excluding hydrogens is 437 g/mol. The van der Waals surface area contributed by atoms with Gasteiger partial charge in [-0.2, -0.15) is 0 Å². The van der Waals surface area contributed by atoms with Crippen LogP contribution in [0.15, 0.2) is 60.8 Å². The first-order chi connectivity index (χ1) is 15.2. The summed E-state index contributed by atoms with van der Waals surface area (Å²) in [7, 11) is 1.46. The van der Waals surface area contributed by atoms with Crippen LogP contribution in [0.25, 0.3) is 0 Å². The second kappa shape index (κ2) is 11.6. The number of likely N-dealkylation sites (N-methyl/N-ethyl adjacent to an activating group) is 1. The monoisotopic (exact) mass is 461 g/mol. The van der Waals surface area contributed by atoms with E-state index in [1.165, 1.54) is 24.2 Å². The van der Waals surface area contributed by atoms with Crippen LogP contribution < -0.4 is 15.4 Å². The SMILES string of the molecule is Cc1ccccc1Oc1cccc([C@H](CC(=O)O)NC(=O)NC2C(=O)C=CN(C)C2=O)c1.[NaH]. The molecule has 0 radical (unpaired) electrons. The fourth-order valence-electron chi connectivity index (χ4n) is 3.16. The number of ether oxygens (including phenoxy) is 1. The molecule has 1 unspecified atom stereocenters. The Kier molecular flexibility index (Phi) is 9.22. The number of nitrogens with zero attached hydrogens (tertiary/aromatic N) is 1. The molecule has 2 aromatic carbocycles. The number of carbonyl (C=O) groups is 4. The van der Waals surface area contributed by atoms with Crippen LogP contribution in [0.5, 0.6) is 11.5 Å². The molecule has 3 rings (SSSR count). The number of nitrogens with one attached hydrogen (secondary N) is 2. The second-order valence-corrected chi connectivity index (χ2v) is 7.31. The minimum absolute atomic E-state index is 0. The fraction of sp³-hybridized carbons (Fsp3) is 0.217. The summed E-state index contributed by atoms with van der Waals surface area (Å²) in [6.45, 7) is 1.90. The van der Waals surface area contributed by atoms with Crippen molar-refractivity contribution >= 4 is 53.2 Å². The zero-order chi connectivity index (χ0) is 23.3. The first-order valence-electron chi connectivity index (χ1n) is 9.85. The van der Waals surface area contributed by atoms with Gasteiger partial charge in [-0.1, -0.05) is 30.3 Å². The molecule has 0 aliphatic carbocycles. The Morgan fingerprint density at radius 3 is 2.58 bits per heavy atom. The van der Waals surface area contributed by atoms with Gasteiger partial charge in [0.2, 0.25) is 0 Å². The molecule has 0 saturated carbocycles. The first-order valence-corrected chi connectivity index (χ1v) is 9.85. The summed E-state index contributed by atoms with van der Waals surface area (Å²) in [6.07, 6.45) is 2.09. The van der Waals surface area contributed by atoms with Crippen LogP contribution in [0.4, 0.5) is 4.79 Å². The van der Waals surface area contributed by atoms with E-state index >= 15 is 0 Å². The number of amides is 3. The Balaban J connectivity index is 0.00000385. The van der Waals surface area contributed by atoms with E-state index in [1.807, 2.05) is 31.2 Å². The van der Waals surface area contributed by atoms with Crippen molar-refractivity contribution in [1.82, 2.24) is 15.5 Å². The number of benzene rings is 2. The number of carbonyl (C=O) groups excluding carboxylic acids is 3. The third kappa shape index (κ3) is 6.92. The zero-order valence-corrected chi connectivity index (χ0v) is 17.6. The first kappa shape index (κ1) is 26.1. The van der Waals surface area contributed by atoms with Crippen LogP contribution >= 0.6 is 0 Å². The number of rotatable bonds is 7. The number of ketones is 1. The van der Waals surface area contributed by atoms with E-state index in [0.717, 1.165) is 5.56 Å². The third-order valence-electron chi connectivity index (χ3n) is 4.88. The van der Waals surface area contributed by atoms with Crippen LogP contribution in [0.1, 0.15) is 23.6 Å². The summed E-state index contributed by atoms with van der Waals surface area (Å²) in [5, 5.41) is 14.2. The number of para-hydroxylation sites is 1. The average Bonchev–Trinajstić information content (AvgIpc) is 2.75. The Morgan fingerprint density at radius 2 is 1.88 bits per heavy atom. The number of hydrogen-bond donors (Lipinski definition) is 3. The summed E-state index contributed by atoms with van der Waals surface area (Å²) < 4.78 is 5.89. The maximum atomic E-state index is 12.5. The molecule has 0 bridgehead atoms. The maximum absolute atomic E-state index is 12.5. The van der Waals surface area contributed by atoms with E-state index in [0.29, 0.717) is 17.1 Å². The van der Waals surface area contributed by atoms with Crippen molar-refractivity contribution in [2.75, 3.05) is 7.05 Å². The van der Waals surface area contributed by atoms with Crippen LogP contribution in [0.3, 0.4) is 0 Å². The van der Waals surface area contributed by atoms with Crippen molar-refractivity contribution in [3.05, 3.63) is 71.9 Å². The summed E-state index contributed by atoms with van der Waals surface area (Å²) in [5.74, 6) is -1.16. The van der Waals surface area contributed by atoms with Crippen molar-refractivity contribution < 1.29 is 29.0 Å². The van der Waals surface area contributed by atoms with Gasteiger partial charge in [0.1, 0.15) is 11.5 Å². The molecule has 9 nitrogen and oxygen atoms in total. The number of urea groups is 1. The average molecular weight is 461 g/mol. The van der Waals surface area contributed by atoms with Gasteiger partial charge in [-0.15, -0.1) is 0 Å². The van der Waals surface area contributed by atoms with Gasteiger partial charge >= 0.3 is 41.6 Å². The molecule has 33 heavy (non-hydrogen) atoms. The molecular formula is C23H24N3NaO6. The van der Waals surface area contributed by atoms with Gasteiger partial charge in [0, 0.05) is 19.3 Å². The van der Waals surface area contributed by atoms with Gasteiger partial charge in [0.05, 0.1) is 12.5 Å². The molecule has 1 heterocycles. The van der Waals surface area contributed by atoms with Crippen molar-refractivity contribution in [3.8, 4) is 11.5 Å². The molecule has 0 saturated heterocycles. The van der Waals surface area contributed by atoms with E-state index in [4.69, 9.17) is 4.74 Å². The number of aryl methyl sites for hydroxylation is 1. The number of carboxylic acid groups (broad SMARTS) is 1. The van der Waals surface area contributed by atoms with E-state index in [-0.39, 0.29) is 29.6 Å². The molecule has 0 spiro atoms. The normalized spacial score (nSPS) is 15.9. The molecule has 1 aliphatic rings. The number of carboxylic acids is 1. The van der Waals surface area contributed by atoms with Crippen molar-refractivity contribution in [2.45, 2.75) is 25.4 Å². The van der Waals surface area contributed by atoms with Gasteiger partial charge < -0.3 is 25.4 Å². The molecule has 1 aliphatic heterocycles. The fourth-order valence-corrected chi connectivity index (χ4v) is 3.16. The molecule has 168 valence electrons. The Morgan fingerprint density at radius 1 is 1.15 bits per heavy atom. The topological polar surface area (TPSA) is 125 Å². The number of aliphatic carboxylic acids is 1. The molecule has 10 heteroatoms. The summed E-state index contributed by atoms with van der Waals surface area (Å²) in [4.78, 5) is 49.2. The molecule has 0 fully saturated rings. The van der Waals surface area contributed by atoms with Crippen LogP contribution in [-0.4, -0.2) is 76.3 Å². The van der Waals surface area contributed by atoms with Gasteiger partial charge in [0.15, 0.2) is 11.8 Å². The zero-order valence-electron chi connectivity index (χ0n) is 17.6. The molecule has 0 aromatic heterocycles. The molecule has 3 N–H and O–H groups in total.